The molecule has 1 amide bonds. The summed E-state index contributed by atoms with van der Waals surface area (Å²) in [4.78, 5) is 12.2. The lowest BCUT2D eigenvalue weighted by molar-refractivity contribution is 0.102. The number of nitrogens with two attached hydrogens (primary N) is 1. The van der Waals surface area contributed by atoms with Crippen LogP contribution in [0.15, 0.2) is 42.5 Å². The molecule has 0 saturated heterocycles. The molecule has 0 heterocycles. The standard InChI is InChI=1S/C15H16N2O3/c1-20-11-6-7-14(18)12(8-11)15(19)17-13-5-3-2-4-10(13)9-16/h2-8,18H,9,16H2,1H3,(H,17,19). The number of hydrogen-bond donors (Lipinski definition) is 3. The van der Waals surface area contributed by atoms with E-state index in [2.05, 4.69) is 5.32 Å². The van der Waals surface area contributed by atoms with Crippen LogP contribution in [-0.4, -0.2) is 18.1 Å². The molecular formula is C15H16N2O3. The molecule has 2 rings (SSSR count). The van der Waals surface area contributed by atoms with E-state index in [0.717, 1.165) is 5.56 Å². The van der Waals surface area contributed by atoms with Crippen molar-refractivity contribution in [3.63, 3.8) is 0 Å². The maximum atomic E-state index is 12.2. The quantitative estimate of drug-likeness (QED) is 0.795. The van der Waals surface area contributed by atoms with Gasteiger partial charge < -0.3 is 20.9 Å². The molecule has 5 nitrogen and oxygen atoms in total. The van der Waals surface area contributed by atoms with Gasteiger partial charge in [0.2, 0.25) is 0 Å². The van der Waals surface area contributed by atoms with Crippen LogP contribution in [0, 0.1) is 0 Å². The number of phenolic OH excluding ortho intramolecular Hbond substituents is 1. The van der Waals surface area contributed by atoms with Gasteiger partial charge in [-0.15, -0.1) is 0 Å². The van der Waals surface area contributed by atoms with Crippen molar-refractivity contribution in [3.8, 4) is 11.5 Å². The van der Waals surface area contributed by atoms with E-state index in [4.69, 9.17) is 10.5 Å². The fraction of sp³-hybridized carbons (Fsp3) is 0.133. The number of anilines is 1. The molecule has 0 bridgehead atoms. The van der Waals surface area contributed by atoms with Gasteiger partial charge in [-0.3, -0.25) is 4.79 Å². The minimum Gasteiger partial charge on any atom is -0.507 e. The molecule has 0 spiro atoms. The molecule has 5 heteroatoms. The second kappa shape index (κ2) is 6.08. The molecule has 0 saturated carbocycles. The van der Waals surface area contributed by atoms with Gasteiger partial charge in [0.1, 0.15) is 11.5 Å². The van der Waals surface area contributed by atoms with Crippen LogP contribution in [0.2, 0.25) is 0 Å². The number of aromatic hydroxyl groups is 1. The topological polar surface area (TPSA) is 84.6 Å². The smallest absolute Gasteiger partial charge is 0.259 e. The minimum atomic E-state index is -0.415. The van der Waals surface area contributed by atoms with E-state index in [1.807, 2.05) is 12.1 Å². The Labute approximate surface area is 117 Å². The summed E-state index contributed by atoms with van der Waals surface area (Å²) in [5.41, 5.74) is 7.22. The van der Waals surface area contributed by atoms with Crippen molar-refractivity contribution in [2.45, 2.75) is 6.54 Å². The van der Waals surface area contributed by atoms with Crippen LogP contribution in [0.4, 0.5) is 5.69 Å². The number of para-hydroxylation sites is 1. The lowest BCUT2D eigenvalue weighted by atomic mass is 10.1. The molecular weight excluding hydrogens is 256 g/mol. The third-order valence-corrected chi connectivity index (χ3v) is 2.93. The number of ether oxygens (including phenoxy) is 1. The predicted molar refractivity (Wildman–Crippen MR) is 76.9 cm³/mol. The molecule has 4 N–H and O–H groups in total. The summed E-state index contributed by atoms with van der Waals surface area (Å²) in [6.07, 6.45) is 0. The average molecular weight is 272 g/mol. The highest BCUT2D eigenvalue weighted by Crippen LogP contribution is 2.24. The van der Waals surface area contributed by atoms with Crippen molar-refractivity contribution in [3.05, 3.63) is 53.6 Å². The summed E-state index contributed by atoms with van der Waals surface area (Å²) in [5.74, 6) is -0.0177. The number of nitrogens with one attached hydrogen (secondary N) is 1. The number of rotatable bonds is 4. The van der Waals surface area contributed by atoms with Crippen LogP contribution >= 0.6 is 0 Å². The first-order chi connectivity index (χ1) is 9.65. The maximum absolute atomic E-state index is 12.2. The van der Waals surface area contributed by atoms with Crippen LogP contribution < -0.4 is 15.8 Å². The minimum absolute atomic E-state index is 0.103. The van der Waals surface area contributed by atoms with Crippen molar-refractivity contribution in [1.29, 1.82) is 0 Å². The Bertz CT molecular complexity index is 626. The Balaban J connectivity index is 2.28. The van der Waals surface area contributed by atoms with E-state index < -0.39 is 5.91 Å². The van der Waals surface area contributed by atoms with Crippen molar-refractivity contribution < 1.29 is 14.6 Å². The van der Waals surface area contributed by atoms with Crippen molar-refractivity contribution in [2.24, 2.45) is 5.73 Å². The molecule has 2 aromatic carbocycles. The first-order valence-electron chi connectivity index (χ1n) is 6.12. The summed E-state index contributed by atoms with van der Waals surface area (Å²) in [6, 6.07) is 11.7. The molecule has 0 aliphatic rings. The summed E-state index contributed by atoms with van der Waals surface area (Å²) >= 11 is 0. The van der Waals surface area contributed by atoms with Crippen molar-refractivity contribution >= 4 is 11.6 Å². The lowest BCUT2D eigenvalue weighted by Crippen LogP contribution is -2.14. The molecule has 20 heavy (non-hydrogen) atoms. The second-order valence-electron chi connectivity index (χ2n) is 4.20. The summed E-state index contributed by atoms with van der Waals surface area (Å²) in [5, 5.41) is 12.5. The zero-order chi connectivity index (χ0) is 14.5. The highest BCUT2D eigenvalue weighted by Gasteiger charge is 2.13. The SMILES string of the molecule is COc1ccc(O)c(C(=O)Nc2ccccc2CN)c1. The zero-order valence-electron chi connectivity index (χ0n) is 11.1. The number of phenols is 1. The molecule has 2 aromatic rings. The molecule has 0 radical (unpaired) electrons. The van der Waals surface area contributed by atoms with Gasteiger partial charge >= 0.3 is 0 Å². The molecule has 0 atom stereocenters. The Morgan fingerprint density at radius 3 is 2.75 bits per heavy atom. The van der Waals surface area contributed by atoms with E-state index in [-0.39, 0.29) is 11.3 Å². The molecule has 0 aromatic heterocycles. The lowest BCUT2D eigenvalue weighted by Gasteiger charge is -2.11. The van der Waals surface area contributed by atoms with E-state index in [0.29, 0.717) is 18.0 Å². The van der Waals surface area contributed by atoms with Crippen LogP contribution in [0.3, 0.4) is 0 Å². The van der Waals surface area contributed by atoms with Gasteiger partial charge in [-0.25, -0.2) is 0 Å². The molecule has 0 unspecified atom stereocenters. The van der Waals surface area contributed by atoms with Gasteiger partial charge in [-0.2, -0.15) is 0 Å². The van der Waals surface area contributed by atoms with Gasteiger partial charge in [-0.1, -0.05) is 18.2 Å². The van der Waals surface area contributed by atoms with Gasteiger partial charge in [-0.05, 0) is 29.8 Å². The van der Waals surface area contributed by atoms with Crippen molar-refractivity contribution in [2.75, 3.05) is 12.4 Å². The summed E-state index contributed by atoms with van der Waals surface area (Å²) in [6.45, 7) is 0.320. The molecule has 0 aliphatic heterocycles. The third-order valence-electron chi connectivity index (χ3n) is 2.93. The first-order valence-corrected chi connectivity index (χ1v) is 6.12. The Morgan fingerprint density at radius 2 is 2.05 bits per heavy atom. The molecule has 0 aliphatic carbocycles. The maximum Gasteiger partial charge on any atom is 0.259 e. The highest BCUT2D eigenvalue weighted by molar-refractivity contribution is 6.06. The van der Waals surface area contributed by atoms with E-state index >= 15 is 0 Å². The van der Waals surface area contributed by atoms with E-state index in [1.165, 1.54) is 19.2 Å². The number of benzene rings is 2. The fourth-order valence-electron chi connectivity index (χ4n) is 1.83. The van der Waals surface area contributed by atoms with E-state index in [1.54, 1.807) is 18.2 Å². The van der Waals surface area contributed by atoms with Crippen molar-refractivity contribution in [1.82, 2.24) is 0 Å². The van der Waals surface area contributed by atoms with Gasteiger partial charge in [0, 0.05) is 12.2 Å². The molecule has 104 valence electrons. The Morgan fingerprint density at radius 1 is 1.30 bits per heavy atom. The summed E-state index contributed by atoms with van der Waals surface area (Å²) < 4.78 is 5.04. The Hall–Kier alpha value is -2.53. The zero-order valence-corrected chi connectivity index (χ0v) is 11.1. The highest BCUT2D eigenvalue weighted by atomic mass is 16.5. The van der Waals surface area contributed by atoms with Crippen LogP contribution in [0.1, 0.15) is 15.9 Å². The largest absolute Gasteiger partial charge is 0.507 e. The Kier molecular flexibility index (Phi) is 4.22. The van der Waals surface area contributed by atoms with Gasteiger partial charge in [0.25, 0.3) is 5.91 Å². The second-order valence-corrected chi connectivity index (χ2v) is 4.20. The number of hydrogen-bond acceptors (Lipinski definition) is 4. The number of amides is 1. The fourth-order valence-corrected chi connectivity index (χ4v) is 1.83. The number of carbonyl (C=O) groups excluding carboxylic acids is 1. The normalized spacial score (nSPS) is 10.1. The summed E-state index contributed by atoms with van der Waals surface area (Å²) in [7, 11) is 1.50. The van der Waals surface area contributed by atoms with Crippen LogP contribution in [0.25, 0.3) is 0 Å². The monoisotopic (exact) mass is 272 g/mol. The van der Waals surface area contributed by atoms with Crippen LogP contribution in [0.5, 0.6) is 11.5 Å². The van der Waals surface area contributed by atoms with Gasteiger partial charge in [0.15, 0.2) is 0 Å². The molecule has 0 fully saturated rings. The predicted octanol–water partition coefficient (Wildman–Crippen LogP) is 2.11. The van der Waals surface area contributed by atoms with Crippen LogP contribution in [-0.2, 0) is 6.54 Å². The number of carbonyl (C=O) groups is 1. The average Bonchev–Trinajstić information content (AvgIpc) is 2.48. The number of methoxy groups -OCH3 is 1. The van der Waals surface area contributed by atoms with Gasteiger partial charge in [0.05, 0.1) is 12.7 Å². The third kappa shape index (κ3) is 2.89. The van der Waals surface area contributed by atoms with E-state index in [9.17, 15) is 9.90 Å². The first kappa shape index (κ1) is 13.9.